The fourth-order valence-corrected chi connectivity index (χ4v) is 6.59. The van der Waals surface area contributed by atoms with E-state index >= 15 is 4.39 Å². The van der Waals surface area contributed by atoms with Crippen molar-refractivity contribution in [3.05, 3.63) is 29.3 Å². The summed E-state index contributed by atoms with van der Waals surface area (Å²) < 4.78 is 15.3. The molecule has 0 heterocycles. The van der Waals surface area contributed by atoms with Crippen LogP contribution in [-0.2, 0) is 6.42 Å². The lowest BCUT2D eigenvalue weighted by atomic mass is 9.53. The zero-order valence-electron chi connectivity index (χ0n) is 14.7. The molecule has 0 spiro atoms. The minimum absolute atomic E-state index is 0.0583. The minimum atomic E-state index is -0.840. The monoisotopic (exact) mass is 332 g/mol. The van der Waals surface area contributed by atoms with Crippen LogP contribution in [0, 0.1) is 23.2 Å². The van der Waals surface area contributed by atoms with Gasteiger partial charge in [0.25, 0.3) is 0 Å². The van der Waals surface area contributed by atoms with Gasteiger partial charge in [-0.15, -0.1) is 0 Å². The summed E-state index contributed by atoms with van der Waals surface area (Å²) in [6.45, 7) is 4.39. The van der Waals surface area contributed by atoms with E-state index in [1.54, 1.807) is 6.07 Å². The number of hydrogen-bond acceptors (Lipinski definition) is 2. The van der Waals surface area contributed by atoms with Crippen molar-refractivity contribution >= 4 is 0 Å². The van der Waals surface area contributed by atoms with Gasteiger partial charge < -0.3 is 10.2 Å². The van der Waals surface area contributed by atoms with Gasteiger partial charge in [0, 0.05) is 5.92 Å². The smallest absolute Gasteiger partial charge is 0.115 e. The molecule has 0 aromatic heterocycles. The van der Waals surface area contributed by atoms with Crippen molar-refractivity contribution < 1.29 is 14.6 Å². The van der Waals surface area contributed by atoms with Gasteiger partial charge in [-0.1, -0.05) is 26.3 Å². The number of fused-ring (bicyclic) bond motifs is 5. The Balaban J connectivity index is 1.75. The van der Waals surface area contributed by atoms with Crippen molar-refractivity contribution in [2.75, 3.05) is 0 Å². The number of benzene rings is 1. The van der Waals surface area contributed by atoms with Gasteiger partial charge in [-0.25, -0.2) is 4.39 Å². The second kappa shape index (κ2) is 5.72. The first-order valence-corrected chi connectivity index (χ1v) is 9.58. The Hall–Kier alpha value is -1.09. The van der Waals surface area contributed by atoms with Gasteiger partial charge in [0.05, 0.1) is 6.10 Å². The van der Waals surface area contributed by atoms with Crippen LogP contribution in [0.5, 0.6) is 5.75 Å². The number of phenolic OH excluding ortho intramolecular Hbond substituents is 1. The van der Waals surface area contributed by atoms with Crippen molar-refractivity contribution in [3.8, 4) is 5.75 Å². The quantitative estimate of drug-likeness (QED) is 0.832. The number of rotatable bonds is 2. The molecule has 0 aliphatic heterocycles. The molecule has 1 aromatic rings. The molecule has 24 heavy (non-hydrogen) atoms. The largest absolute Gasteiger partial charge is 0.508 e. The summed E-state index contributed by atoms with van der Waals surface area (Å²) in [5.74, 6) is 1.29. The second-order valence-corrected chi connectivity index (χ2v) is 8.74. The molecule has 0 saturated heterocycles. The zero-order valence-corrected chi connectivity index (χ0v) is 14.7. The third-order valence-electron chi connectivity index (χ3n) is 7.26. The standard InChI is InChI=1S/C21H29FO2/c1-3-4-15-18(24)11-21(2)10-17(22)19-14-8-6-13(23)9-12(14)5-7-16(19)20(15)21/h6,8-9,15-20,23-24H,3-5,7,10-11H2,1-2H3/t15-,16+,17-,18+,19+,20-,21+/m0/s1. The van der Waals surface area contributed by atoms with E-state index in [1.165, 1.54) is 0 Å². The molecule has 3 aliphatic carbocycles. The SMILES string of the molecule is CCC[C@@H]1[C@H]2[C@@H]3CCc4cc(O)ccc4[C@H]3[C@@H](F)C[C@]2(C)C[C@H]1O. The van der Waals surface area contributed by atoms with Crippen molar-refractivity contribution in [3.63, 3.8) is 0 Å². The van der Waals surface area contributed by atoms with Crippen molar-refractivity contribution in [1.82, 2.24) is 0 Å². The van der Waals surface area contributed by atoms with E-state index in [4.69, 9.17) is 0 Å². The third kappa shape index (κ3) is 2.31. The van der Waals surface area contributed by atoms with E-state index < -0.39 is 6.17 Å². The summed E-state index contributed by atoms with van der Waals surface area (Å²) in [4.78, 5) is 0. The normalized spacial score (nSPS) is 43.8. The molecule has 2 saturated carbocycles. The lowest BCUT2D eigenvalue weighted by molar-refractivity contribution is -0.0193. The molecule has 2 nitrogen and oxygen atoms in total. The summed E-state index contributed by atoms with van der Waals surface area (Å²) in [6.07, 6.45) is 4.23. The van der Waals surface area contributed by atoms with Crippen LogP contribution >= 0.6 is 0 Å². The highest BCUT2D eigenvalue weighted by molar-refractivity contribution is 5.41. The molecular formula is C21H29FO2. The summed E-state index contributed by atoms with van der Waals surface area (Å²) in [5.41, 5.74) is 2.16. The third-order valence-corrected chi connectivity index (χ3v) is 7.26. The maximum absolute atomic E-state index is 15.3. The highest BCUT2D eigenvalue weighted by atomic mass is 19.1. The average molecular weight is 332 g/mol. The van der Waals surface area contributed by atoms with E-state index in [9.17, 15) is 10.2 Å². The molecule has 1 aromatic carbocycles. The molecule has 0 radical (unpaired) electrons. The van der Waals surface area contributed by atoms with E-state index in [0.29, 0.717) is 24.2 Å². The first-order chi connectivity index (χ1) is 11.4. The van der Waals surface area contributed by atoms with Crippen LogP contribution in [0.1, 0.15) is 63.0 Å². The van der Waals surface area contributed by atoms with Crippen molar-refractivity contribution in [2.45, 2.75) is 70.6 Å². The van der Waals surface area contributed by atoms with Crippen LogP contribution in [0.4, 0.5) is 4.39 Å². The highest BCUT2D eigenvalue weighted by Gasteiger charge is 2.60. The van der Waals surface area contributed by atoms with E-state index in [0.717, 1.165) is 43.2 Å². The fourth-order valence-electron chi connectivity index (χ4n) is 6.59. The lowest BCUT2D eigenvalue weighted by Gasteiger charge is -2.52. The highest BCUT2D eigenvalue weighted by Crippen LogP contribution is 2.64. The number of halogens is 1. The maximum atomic E-state index is 15.3. The van der Waals surface area contributed by atoms with Crippen LogP contribution in [0.15, 0.2) is 18.2 Å². The number of aryl methyl sites for hydroxylation is 1. The van der Waals surface area contributed by atoms with Crippen molar-refractivity contribution in [1.29, 1.82) is 0 Å². The van der Waals surface area contributed by atoms with Gasteiger partial charge in [0.2, 0.25) is 0 Å². The number of aromatic hydroxyl groups is 1. The van der Waals surface area contributed by atoms with Gasteiger partial charge in [-0.3, -0.25) is 0 Å². The first kappa shape index (κ1) is 16.4. The predicted octanol–water partition coefficient (Wildman–Crippen LogP) is 4.58. The van der Waals surface area contributed by atoms with E-state index in [-0.39, 0.29) is 23.2 Å². The molecule has 132 valence electrons. The van der Waals surface area contributed by atoms with Crippen LogP contribution in [0.25, 0.3) is 0 Å². The fraction of sp³-hybridized carbons (Fsp3) is 0.714. The van der Waals surface area contributed by atoms with Gasteiger partial charge in [-0.2, -0.15) is 0 Å². The van der Waals surface area contributed by atoms with Gasteiger partial charge >= 0.3 is 0 Å². The minimum Gasteiger partial charge on any atom is -0.508 e. The number of aliphatic hydroxyl groups excluding tert-OH is 1. The number of hydrogen-bond donors (Lipinski definition) is 2. The van der Waals surface area contributed by atoms with Gasteiger partial charge in [-0.05, 0) is 78.5 Å². The molecule has 3 aliphatic rings. The summed E-state index contributed by atoms with van der Waals surface area (Å²) in [6, 6.07) is 5.46. The van der Waals surface area contributed by atoms with Crippen LogP contribution in [0.2, 0.25) is 0 Å². The Kier molecular flexibility index (Phi) is 3.91. The molecular weight excluding hydrogens is 303 g/mol. The second-order valence-electron chi connectivity index (χ2n) is 8.74. The van der Waals surface area contributed by atoms with Crippen molar-refractivity contribution in [2.24, 2.45) is 23.2 Å². The number of aliphatic hydroxyl groups is 1. The molecule has 3 heteroatoms. The van der Waals surface area contributed by atoms with E-state index in [1.807, 2.05) is 12.1 Å². The zero-order chi connectivity index (χ0) is 17.1. The Morgan fingerprint density at radius 2 is 2.08 bits per heavy atom. The number of alkyl halides is 1. The molecule has 7 atom stereocenters. The van der Waals surface area contributed by atoms with Crippen LogP contribution in [-0.4, -0.2) is 22.5 Å². The molecule has 0 bridgehead atoms. The molecule has 2 N–H and O–H groups in total. The summed E-state index contributed by atoms with van der Waals surface area (Å²) in [5, 5.41) is 20.4. The molecule has 0 unspecified atom stereocenters. The van der Waals surface area contributed by atoms with Crippen LogP contribution in [0.3, 0.4) is 0 Å². The summed E-state index contributed by atoms with van der Waals surface area (Å²) in [7, 11) is 0. The Morgan fingerprint density at radius 3 is 2.83 bits per heavy atom. The van der Waals surface area contributed by atoms with Gasteiger partial charge in [0.1, 0.15) is 11.9 Å². The maximum Gasteiger partial charge on any atom is 0.115 e. The number of phenols is 1. The molecule has 4 rings (SSSR count). The lowest BCUT2D eigenvalue weighted by Crippen LogP contribution is -2.47. The summed E-state index contributed by atoms with van der Waals surface area (Å²) >= 11 is 0. The first-order valence-electron chi connectivity index (χ1n) is 9.58. The van der Waals surface area contributed by atoms with E-state index in [2.05, 4.69) is 13.8 Å². The molecule has 0 amide bonds. The topological polar surface area (TPSA) is 40.5 Å². The Labute approximate surface area is 144 Å². The molecule has 2 fully saturated rings. The van der Waals surface area contributed by atoms with Gasteiger partial charge in [0.15, 0.2) is 0 Å². The van der Waals surface area contributed by atoms with Crippen LogP contribution < -0.4 is 0 Å². The Bertz CT molecular complexity index is 630. The Morgan fingerprint density at radius 1 is 1.29 bits per heavy atom. The predicted molar refractivity (Wildman–Crippen MR) is 92.8 cm³/mol. The average Bonchev–Trinajstić information content (AvgIpc) is 2.77.